The number of allylic oxidation sites excluding steroid dienone is 2. The summed E-state index contributed by atoms with van der Waals surface area (Å²) in [5.41, 5.74) is -0.761. The van der Waals surface area contributed by atoms with E-state index in [1.54, 1.807) is 27.8 Å². The molecule has 1 amide bonds. The van der Waals surface area contributed by atoms with Gasteiger partial charge in [-0.25, -0.2) is 14.8 Å². The maximum absolute atomic E-state index is 13.8. The first-order valence-corrected chi connectivity index (χ1v) is 14.6. The number of aliphatic imine (C=N–C) groups is 1. The molecule has 5 rings (SSSR count). The van der Waals surface area contributed by atoms with Crippen LogP contribution in [0.25, 0.3) is 11.2 Å². The molecule has 0 unspecified atom stereocenters. The van der Waals surface area contributed by atoms with Crippen LogP contribution in [-0.2, 0) is 18.0 Å². The number of hydrogen-bond acceptors (Lipinski definition) is 10. The van der Waals surface area contributed by atoms with Crippen LogP contribution >= 0.6 is 23.2 Å². The Bertz CT molecular complexity index is 1780. The van der Waals surface area contributed by atoms with E-state index in [9.17, 15) is 18.0 Å². The first kappa shape index (κ1) is 32.9. The molecule has 4 heterocycles. The Morgan fingerprint density at radius 3 is 2.61 bits per heavy atom. The minimum Gasteiger partial charge on any atom is -0.493 e. The number of carbonyl (C=O) groups excluding carboxylic acids is 1. The molecule has 17 heteroatoms. The number of ether oxygens (including phenoxy) is 3. The lowest BCUT2D eigenvalue weighted by Crippen LogP contribution is -2.53. The molecular formula is C29H29Cl2F3N8O4. The van der Waals surface area contributed by atoms with Crippen molar-refractivity contribution in [3.63, 3.8) is 0 Å². The Morgan fingerprint density at radius 1 is 1.22 bits per heavy atom. The van der Waals surface area contributed by atoms with Gasteiger partial charge in [0.1, 0.15) is 27.6 Å². The van der Waals surface area contributed by atoms with Crippen LogP contribution in [0.15, 0.2) is 53.2 Å². The number of anilines is 2. The third-order valence-electron chi connectivity index (χ3n) is 6.68. The van der Waals surface area contributed by atoms with E-state index in [4.69, 9.17) is 42.8 Å². The summed E-state index contributed by atoms with van der Waals surface area (Å²) in [5, 5.41) is 13.7. The smallest absolute Gasteiger partial charge is 0.416 e. The number of nitrogens with one attached hydrogen (secondary N) is 3. The van der Waals surface area contributed by atoms with Crippen molar-refractivity contribution in [2.45, 2.75) is 32.5 Å². The molecule has 2 aromatic heterocycles. The molecule has 1 fully saturated rings. The molecular weight excluding hydrogens is 652 g/mol. The predicted octanol–water partition coefficient (Wildman–Crippen LogP) is 6.58. The molecule has 2 aliphatic rings. The van der Waals surface area contributed by atoms with Crippen LogP contribution in [0.4, 0.5) is 29.6 Å². The summed E-state index contributed by atoms with van der Waals surface area (Å²) >= 11 is 12.8. The van der Waals surface area contributed by atoms with Crippen LogP contribution in [0.2, 0.25) is 5.02 Å². The lowest BCUT2D eigenvalue weighted by atomic mass is 10.0. The topological polar surface area (TPSA) is 139 Å². The van der Waals surface area contributed by atoms with Crippen LogP contribution in [-0.4, -0.2) is 62.2 Å². The number of halogens is 5. The number of aryl methyl sites for hydroxylation is 1. The lowest BCUT2D eigenvalue weighted by Gasteiger charge is -2.39. The number of amides is 1. The van der Waals surface area contributed by atoms with Crippen molar-refractivity contribution in [1.82, 2.24) is 24.8 Å². The van der Waals surface area contributed by atoms with E-state index < -0.39 is 23.4 Å². The molecule has 12 nitrogen and oxygen atoms in total. The molecule has 244 valence electrons. The number of pyridine rings is 1. The van der Waals surface area contributed by atoms with Crippen molar-refractivity contribution in [2.75, 3.05) is 25.0 Å². The van der Waals surface area contributed by atoms with E-state index >= 15 is 0 Å². The molecule has 1 saturated heterocycles. The monoisotopic (exact) mass is 680 g/mol. The van der Waals surface area contributed by atoms with Gasteiger partial charge < -0.3 is 39.7 Å². The van der Waals surface area contributed by atoms with Crippen molar-refractivity contribution in [2.24, 2.45) is 18.0 Å². The summed E-state index contributed by atoms with van der Waals surface area (Å²) in [6.45, 7) is 6.14. The fraction of sp³-hybridized carbons (Fsp3) is 0.345. The quantitative estimate of drug-likeness (QED) is 0.179. The average molecular weight is 682 g/mol. The molecule has 0 atom stereocenters. The van der Waals surface area contributed by atoms with Gasteiger partial charge in [-0.2, -0.15) is 18.2 Å². The molecule has 0 saturated carbocycles. The highest BCUT2D eigenvalue weighted by atomic mass is 35.5. The molecule has 0 spiro atoms. The molecule has 3 aromatic rings. The Balaban J connectivity index is 1.34. The number of rotatable bonds is 8. The highest BCUT2D eigenvalue weighted by Crippen LogP contribution is 2.37. The Labute approximate surface area is 271 Å². The van der Waals surface area contributed by atoms with Crippen molar-refractivity contribution >= 4 is 63.5 Å². The SMILES string of the molecule is Cn1c(Nc2cc(OCC3CN(C(=O)OC(C)(C)C)C3)cc(C(F)(F)F)c2)nc2ncc(O/C(C=N)=C3/NC=CN=C3Cl)c(Cl)c21. The number of alkyl halides is 3. The summed E-state index contributed by atoms with van der Waals surface area (Å²) in [4.78, 5) is 26.3. The van der Waals surface area contributed by atoms with Gasteiger partial charge in [0, 0.05) is 50.2 Å². The third kappa shape index (κ3) is 7.31. The van der Waals surface area contributed by atoms with Gasteiger partial charge in [-0.05, 0) is 32.9 Å². The van der Waals surface area contributed by atoms with Crippen LogP contribution in [0.3, 0.4) is 0 Å². The van der Waals surface area contributed by atoms with Gasteiger partial charge in [-0.3, -0.25) is 0 Å². The number of benzene rings is 1. The minimum atomic E-state index is -4.65. The number of aromatic nitrogens is 3. The van der Waals surface area contributed by atoms with Gasteiger partial charge in [-0.1, -0.05) is 23.2 Å². The van der Waals surface area contributed by atoms with Crippen LogP contribution in [0.5, 0.6) is 11.5 Å². The Hall–Kier alpha value is -4.50. The normalized spacial score (nSPS) is 16.4. The Morgan fingerprint density at radius 2 is 1.96 bits per heavy atom. The van der Waals surface area contributed by atoms with Crippen LogP contribution < -0.4 is 20.1 Å². The molecule has 0 aliphatic carbocycles. The number of nitrogens with zero attached hydrogens (tertiary/aromatic N) is 5. The molecule has 0 radical (unpaired) electrons. The van der Waals surface area contributed by atoms with Gasteiger partial charge in [-0.15, -0.1) is 0 Å². The highest BCUT2D eigenvalue weighted by Gasteiger charge is 2.35. The average Bonchev–Trinajstić information content (AvgIpc) is 3.26. The van der Waals surface area contributed by atoms with Crippen molar-refractivity contribution in [1.29, 1.82) is 5.41 Å². The summed E-state index contributed by atoms with van der Waals surface area (Å²) in [6.07, 6.45) is 0.0680. The molecule has 1 aromatic carbocycles. The second-order valence-corrected chi connectivity index (χ2v) is 12.1. The van der Waals surface area contributed by atoms with E-state index in [0.29, 0.717) is 18.6 Å². The maximum atomic E-state index is 13.8. The molecule has 46 heavy (non-hydrogen) atoms. The highest BCUT2D eigenvalue weighted by molar-refractivity contribution is 6.69. The molecule has 2 aliphatic heterocycles. The number of hydrogen-bond donors (Lipinski definition) is 3. The van der Waals surface area contributed by atoms with Crippen molar-refractivity contribution in [3.05, 3.63) is 58.8 Å². The number of carbonyl (C=O) groups is 1. The van der Waals surface area contributed by atoms with E-state index in [1.165, 1.54) is 34.1 Å². The number of imidazole rings is 1. The second kappa shape index (κ2) is 12.7. The van der Waals surface area contributed by atoms with Gasteiger partial charge in [0.2, 0.25) is 5.95 Å². The zero-order chi connectivity index (χ0) is 33.4. The summed E-state index contributed by atoms with van der Waals surface area (Å²) < 4.78 is 59.9. The first-order valence-electron chi connectivity index (χ1n) is 13.8. The van der Waals surface area contributed by atoms with Gasteiger partial charge in [0.15, 0.2) is 22.3 Å². The minimum absolute atomic E-state index is 0.0117. The Kier molecular flexibility index (Phi) is 9.09. The number of fused-ring (bicyclic) bond motifs is 1. The summed E-state index contributed by atoms with van der Waals surface area (Å²) in [6, 6.07) is 3.26. The van der Waals surface area contributed by atoms with E-state index in [1.807, 2.05) is 0 Å². The zero-order valence-electron chi connectivity index (χ0n) is 25.0. The maximum Gasteiger partial charge on any atom is 0.416 e. The predicted molar refractivity (Wildman–Crippen MR) is 167 cm³/mol. The third-order valence-corrected chi connectivity index (χ3v) is 7.34. The zero-order valence-corrected chi connectivity index (χ0v) is 26.5. The van der Waals surface area contributed by atoms with E-state index in [-0.39, 0.29) is 63.0 Å². The standard InChI is InChI=1S/C29H29Cl2F3N8O4/c1-28(2,3)46-27(43)42-12-15(13-42)14-44-18-8-16(29(32,33)34)7-17(9-18)39-26-40-25-23(41(26)4)21(30)20(11-38-25)45-19(10-35)22-24(31)37-6-5-36-22/h5-11,15,35-36H,12-14H2,1-4H3,(H,38,39,40)/b22-19+,35-10?. The van der Waals surface area contributed by atoms with Gasteiger partial charge >= 0.3 is 12.3 Å². The fourth-order valence-electron chi connectivity index (χ4n) is 4.50. The summed E-state index contributed by atoms with van der Waals surface area (Å²) in [5.74, 6) is 0.141. The van der Waals surface area contributed by atoms with Crippen molar-refractivity contribution in [3.8, 4) is 11.5 Å². The van der Waals surface area contributed by atoms with E-state index in [2.05, 4.69) is 25.6 Å². The second-order valence-electron chi connectivity index (χ2n) is 11.4. The van der Waals surface area contributed by atoms with Crippen molar-refractivity contribution < 1.29 is 32.2 Å². The van der Waals surface area contributed by atoms with Crippen LogP contribution in [0.1, 0.15) is 26.3 Å². The van der Waals surface area contributed by atoms with Crippen LogP contribution in [0, 0.1) is 11.3 Å². The molecule has 3 N–H and O–H groups in total. The first-order chi connectivity index (χ1) is 21.6. The van der Waals surface area contributed by atoms with Gasteiger partial charge in [0.25, 0.3) is 0 Å². The fourth-order valence-corrected chi connectivity index (χ4v) is 5.00. The van der Waals surface area contributed by atoms with Gasteiger partial charge in [0.05, 0.1) is 24.6 Å². The summed E-state index contributed by atoms with van der Waals surface area (Å²) in [7, 11) is 1.60. The van der Waals surface area contributed by atoms with E-state index in [0.717, 1.165) is 18.3 Å². The largest absolute Gasteiger partial charge is 0.493 e. The molecule has 0 bridgehead atoms. The lowest BCUT2D eigenvalue weighted by molar-refractivity contribution is -0.137. The number of likely N-dealkylation sites (tertiary alicyclic amines) is 1.